The predicted molar refractivity (Wildman–Crippen MR) is 127 cm³/mol. The molecule has 2 atom stereocenters. The van der Waals surface area contributed by atoms with Gasteiger partial charge < -0.3 is 30.7 Å². The summed E-state index contributed by atoms with van der Waals surface area (Å²) >= 11 is 5.51. The van der Waals surface area contributed by atoms with Crippen molar-refractivity contribution in [2.24, 2.45) is 0 Å². The van der Waals surface area contributed by atoms with Crippen LogP contribution in [0, 0.1) is 10.7 Å². The van der Waals surface area contributed by atoms with Crippen LogP contribution in [0.3, 0.4) is 0 Å². The molecule has 0 heterocycles. The average molecular weight is 746 g/mol. The van der Waals surface area contributed by atoms with Gasteiger partial charge in [0.1, 0.15) is 6.10 Å². The van der Waals surface area contributed by atoms with E-state index in [-0.39, 0.29) is 23.4 Å². The number of carbonyl (C=O) groups excluding carboxylic acids is 3. The summed E-state index contributed by atoms with van der Waals surface area (Å²) in [5.41, 5.74) is 0.433. The minimum absolute atomic E-state index is 0.0985. The Morgan fingerprint density at radius 1 is 1.17 bits per heavy atom. The number of amides is 2. The van der Waals surface area contributed by atoms with Crippen LogP contribution in [0.4, 0.5) is 5.69 Å². The van der Waals surface area contributed by atoms with E-state index < -0.39 is 43.0 Å². The minimum Gasteiger partial charge on any atom is -0.481 e. The van der Waals surface area contributed by atoms with Crippen molar-refractivity contribution in [2.45, 2.75) is 18.6 Å². The largest absolute Gasteiger partial charge is 0.481 e. The molecule has 0 saturated carbocycles. The highest BCUT2D eigenvalue weighted by atomic mass is 127. The lowest BCUT2D eigenvalue weighted by molar-refractivity contribution is -0.143. The monoisotopic (exact) mass is 746 g/mol. The van der Waals surface area contributed by atoms with Crippen LogP contribution in [0.5, 0.6) is 0 Å². The first-order valence-electron chi connectivity index (χ1n) is 7.87. The Morgan fingerprint density at radius 2 is 1.79 bits per heavy atom. The van der Waals surface area contributed by atoms with Gasteiger partial charge in [0.25, 0.3) is 11.8 Å². The van der Waals surface area contributed by atoms with Crippen LogP contribution in [0.1, 0.15) is 27.1 Å². The van der Waals surface area contributed by atoms with Gasteiger partial charge >= 0.3 is 5.97 Å². The van der Waals surface area contributed by atoms with Gasteiger partial charge in [0, 0.05) is 26.4 Å². The third-order valence-corrected chi connectivity index (χ3v) is 6.91. The number of carboxylic acid groups (broad SMARTS) is 1. The van der Waals surface area contributed by atoms with E-state index in [9.17, 15) is 24.3 Å². The summed E-state index contributed by atoms with van der Waals surface area (Å²) in [4.78, 5) is 47.5. The van der Waals surface area contributed by atoms with Crippen molar-refractivity contribution in [2.75, 3.05) is 25.6 Å². The van der Waals surface area contributed by atoms with E-state index in [1.54, 1.807) is 0 Å². The Hall–Kier alpha value is -0.630. The van der Waals surface area contributed by atoms with E-state index in [1.807, 2.05) is 67.8 Å². The smallest absolute Gasteiger partial charge is 0.306 e. The van der Waals surface area contributed by atoms with E-state index in [2.05, 4.69) is 10.6 Å². The van der Waals surface area contributed by atoms with E-state index in [0.717, 1.165) is 0 Å². The quantitative estimate of drug-likeness (QED) is 0.174. The van der Waals surface area contributed by atoms with Crippen molar-refractivity contribution in [3.8, 4) is 0 Å². The van der Waals surface area contributed by atoms with Gasteiger partial charge in [0.2, 0.25) is 0 Å². The molecule has 0 bridgehead atoms. The summed E-state index contributed by atoms with van der Waals surface area (Å²) < 4.78 is 5.94. The molecule has 0 fully saturated rings. The fraction of sp³-hybridized carbons (Fsp3) is 0.375. The van der Waals surface area contributed by atoms with Gasteiger partial charge in [-0.1, -0.05) is 0 Å². The van der Waals surface area contributed by atoms with Gasteiger partial charge in [0.15, 0.2) is 6.29 Å². The van der Waals surface area contributed by atoms with E-state index in [1.165, 1.54) is 7.11 Å². The van der Waals surface area contributed by atoms with E-state index >= 15 is 0 Å². The van der Waals surface area contributed by atoms with Gasteiger partial charge in [-0.2, -0.15) is 0 Å². The predicted octanol–water partition coefficient (Wildman–Crippen LogP) is 0.824. The molecule has 2 unspecified atom stereocenters. The van der Waals surface area contributed by atoms with Crippen LogP contribution in [-0.4, -0.2) is 71.9 Å². The van der Waals surface area contributed by atoms with Crippen LogP contribution in [-0.2, 0) is 14.3 Å². The number of ether oxygens (including phenoxy) is 1. The lowest BCUT2D eigenvalue weighted by Gasteiger charge is -2.20. The second-order valence-corrected chi connectivity index (χ2v) is 8.82. The number of carboxylic acids is 1. The lowest BCUT2D eigenvalue weighted by atomic mass is 10.1. The molecule has 2 amide bonds. The molecular weight excluding hydrogens is 729 g/mol. The number of aliphatic hydroxyl groups is 2. The number of hydrogen-bond donors (Lipinski definition) is 5. The van der Waals surface area contributed by atoms with E-state index in [0.29, 0.717) is 17.0 Å². The maximum atomic E-state index is 12.6. The molecular formula is C16H17I3N2O8. The van der Waals surface area contributed by atoms with Crippen LogP contribution in [0.15, 0.2) is 0 Å². The number of aliphatic carboxylic acids is 1. The number of rotatable bonds is 10. The number of benzene rings is 1. The lowest BCUT2D eigenvalue weighted by Crippen LogP contribution is -2.35. The normalized spacial score (nSPS) is 12.8. The molecule has 0 spiro atoms. The highest BCUT2D eigenvalue weighted by Gasteiger charge is 2.28. The first-order valence-corrected chi connectivity index (χ1v) is 11.1. The molecule has 1 rings (SSSR count). The third kappa shape index (κ3) is 6.94. The average Bonchev–Trinajstić information content (AvgIpc) is 2.67. The summed E-state index contributed by atoms with van der Waals surface area (Å²) in [7, 11) is 1.19. The molecule has 160 valence electrons. The summed E-state index contributed by atoms with van der Waals surface area (Å²) in [5.74, 6) is -2.59. The number of carbonyl (C=O) groups is 4. The molecule has 13 heteroatoms. The Kier molecular flexibility index (Phi) is 11.2. The number of anilines is 1. The molecule has 5 N–H and O–H groups in total. The van der Waals surface area contributed by atoms with Gasteiger partial charge in [-0.3, -0.25) is 19.2 Å². The zero-order valence-electron chi connectivity index (χ0n) is 14.9. The fourth-order valence-corrected chi connectivity index (χ4v) is 6.28. The fourth-order valence-electron chi connectivity index (χ4n) is 2.10. The molecule has 0 aliphatic rings. The van der Waals surface area contributed by atoms with Crippen LogP contribution < -0.4 is 10.6 Å². The number of hydrogen-bond acceptors (Lipinski definition) is 7. The molecule has 1 aromatic carbocycles. The van der Waals surface area contributed by atoms with Crippen molar-refractivity contribution in [1.82, 2.24) is 5.32 Å². The standard InChI is InChI=1S/C16H17I3N2O8/c1-29-8(2-9(25)26)15(27)21-14-12(18)7(5-23)11(17)10(13(14)19)16(28)20-3-6(24)4-22/h5-6,8,22,24H,2-4H2,1H3,(H,20,28)(H,21,27)(H,25,26). The van der Waals surface area contributed by atoms with Crippen molar-refractivity contribution in [3.05, 3.63) is 21.8 Å². The molecule has 0 aliphatic carbocycles. The van der Waals surface area contributed by atoms with Gasteiger partial charge in [-0.05, 0) is 67.8 Å². The highest BCUT2D eigenvalue weighted by molar-refractivity contribution is 14.1. The molecule has 29 heavy (non-hydrogen) atoms. The highest BCUT2D eigenvalue weighted by Crippen LogP contribution is 2.35. The summed E-state index contributed by atoms with van der Waals surface area (Å²) in [6.45, 7) is -0.750. The molecule has 0 radical (unpaired) electrons. The first kappa shape index (κ1) is 26.4. The number of aldehydes is 1. The van der Waals surface area contributed by atoms with Crippen molar-refractivity contribution >= 4 is 97.5 Å². The number of halogens is 3. The number of nitrogens with one attached hydrogen (secondary N) is 2. The summed E-state index contributed by atoms with van der Waals surface area (Å²) in [6.07, 6.45) is -2.44. The van der Waals surface area contributed by atoms with Gasteiger partial charge in [-0.15, -0.1) is 0 Å². The Balaban J connectivity index is 3.37. The second kappa shape index (κ2) is 12.3. The topological polar surface area (TPSA) is 162 Å². The molecule has 10 nitrogen and oxygen atoms in total. The third-order valence-electron chi connectivity index (χ3n) is 3.59. The zero-order chi connectivity index (χ0) is 22.3. The number of aliphatic hydroxyl groups excluding tert-OH is 2. The number of methoxy groups -OCH3 is 1. The molecule has 0 saturated heterocycles. The maximum Gasteiger partial charge on any atom is 0.306 e. The first-order chi connectivity index (χ1) is 13.6. The van der Waals surface area contributed by atoms with Gasteiger partial charge in [-0.25, -0.2) is 0 Å². The van der Waals surface area contributed by atoms with Crippen molar-refractivity contribution in [3.63, 3.8) is 0 Å². The van der Waals surface area contributed by atoms with Crippen LogP contribution in [0.2, 0.25) is 0 Å². The van der Waals surface area contributed by atoms with E-state index in [4.69, 9.17) is 14.9 Å². The van der Waals surface area contributed by atoms with Crippen molar-refractivity contribution < 1.29 is 39.2 Å². The van der Waals surface area contributed by atoms with Crippen LogP contribution in [0.25, 0.3) is 0 Å². The van der Waals surface area contributed by atoms with Gasteiger partial charge in [0.05, 0.1) is 34.0 Å². The summed E-state index contributed by atoms with van der Waals surface area (Å²) in [6, 6.07) is 0. The Labute approximate surface area is 206 Å². The summed E-state index contributed by atoms with van der Waals surface area (Å²) in [5, 5.41) is 32.2. The molecule has 0 aliphatic heterocycles. The molecule has 1 aromatic rings. The zero-order valence-corrected chi connectivity index (χ0v) is 21.3. The maximum absolute atomic E-state index is 12.6. The SMILES string of the molecule is COC(CC(=O)O)C(=O)Nc1c(I)c(C=O)c(I)c(C(=O)NCC(O)CO)c1I. The van der Waals surface area contributed by atoms with Crippen LogP contribution >= 0.6 is 67.8 Å². The molecule has 0 aromatic heterocycles. The Bertz CT molecular complexity index is 818. The second-order valence-electron chi connectivity index (χ2n) is 5.58. The minimum atomic E-state index is -1.27. The Morgan fingerprint density at radius 3 is 2.28 bits per heavy atom. The van der Waals surface area contributed by atoms with Crippen molar-refractivity contribution in [1.29, 1.82) is 0 Å².